The van der Waals surface area contributed by atoms with Crippen molar-refractivity contribution in [2.75, 3.05) is 33.3 Å². The highest BCUT2D eigenvalue weighted by atomic mass is 16.7. The molecule has 0 aromatic heterocycles. The van der Waals surface area contributed by atoms with Gasteiger partial charge in [0.1, 0.15) is 12.3 Å². The van der Waals surface area contributed by atoms with Crippen LogP contribution in [0.1, 0.15) is 76.2 Å². The quantitative estimate of drug-likeness (QED) is 0.506. The van der Waals surface area contributed by atoms with Gasteiger partial charge in [-0.15, -0.1) is 0 Å². The zero-order valence-electron chi connectivity index (χ0n) is 21.5. The first-order chi connectivity index (χ1) is 17.6. The largest absolute Gasteiger partial charge is 0.493 e. The summed E-state index contributed by atoms with van der Waals surface area (Å²) in [6.07, 6.45) is 12.1. The van der Waals surface area contributed by atoms with Gasteiger partial charge in [-0.25, -0.2) is 0 Å². The molecule has 2 atom stereocenters. The number of amides is 1. The Balaban J connectivity index is 1.43. The Kier molecular flexibility index (Phi) is 7.79. The minimum absolute atomic E-state index is 0.112. The molecule has 0 bridgehead atoms. The van der Waals surface area contributed by atoms with Gasteiger partial charge in [0.2, 0.25) is 5.60 Å². The average Bonchev–Trinajstić information content (AvgIpc) is 3.61. The van der Waals surface area contributed by atoms with Gasteiger partial charge >= 0.3 is 0 Å². The van der Waals surface area contributed by atoms with Crippen LogP contribution in [-0.4, -0.2) is 78.7 Å². The number of rotatable bonds is 8. The van der Waals surface area contributed by atoms with E-state index < -0.39 is 11.6 Å². The lowest BCUT2D eigenvalue weighted by atomic mass is 9.84. The van der Waals surface area contributed by atoms with E-state index in [0.717, 1.165) is 76.3 Å². The summed E-state index contributed by atoms with van der Waals surface area (Å²) >= 11 is 0. The van der Waals surface area contributed by atoms with E-state index in [9.17, 15) is 9.59 Å². The number of aldehydes is 1. The van der Waals surface area contributed by atoms with Gasteiger partial charge in [-0.2, -0.15) is 0 Å². The Labute approximate surface area is 213 Å². The zero-order valence-corrected chi connectivity index (χ0v) is 21.5. The predicted molar refractivity (Wildman–Crippen MR) is 137 cm³/mol. The summed E-state index contributed by atoms with van der Waals surface area (Å²) in [6.45, 7) is 2.98. The van der Waals surface area contributed by atoms with E-state index in [1.807, 2.05) is 23.1 Å². The number of nitrogens with zero attached hydrogens (tertiary/aromatic N) is 3. The van der Waals surface area contributed by atoms with Crippen LogP contribution in [0.5, 0.6) is 11.5 Å². The molecule has 0 N–H and O–H groups in total. The monoisotopic (exact) mass is 497 g/mol. The highest BCUT2D eigenvalue weighted by Crippen LogP contribution is 2.38. The van der Waals surface area contributed by atoms with Crippen LogP contribution in [0.4, 0.5) is 0 Å². The summed E-state index contributed by atoms with van der Waals surface area (Å²) in [7, 11) is 1.64. The average molecular weight is 498 g/mol. The molecule has 1 aromatic carbocycles. The molecule has 36 heavy (non-hydrogen) atoms. The van der Waals surface area contributed by atoms with Crippen LogP contribution in [-0.2, 0) is 14.4 Å². The second kappa shape index (κ2) is 11.2. The minimum Gasteiger partial charge on any atom is -0.493 e. The maximum absolute atomic E-state index is 14.0. The fourth-order valence-electron chi connectivity index (χ4n) is 6.19. The first-order valence-corrected chi connectivity index (χ1v) is 13.7. The van der Waals surface area contributed by atoms with Crippen molar-refractivity contribution in [3.05, 3.63) is 23.8 Å². The number of hydrogen-bond donors (Lipinski definition) is 0. The van der Waals surface area contributed by atoms with Crippen molar-refractivity contribution in [2.24, 2.45) is 5.16 Å². The summed E-state index contributed by atoms with van der Waals surface area (Å²) in [4.78, 5) is 36.7. The van der Waals surface area contributed by atoms with Gasteiger partial charge in [0, 0.05) is 25.1 Å². The predicted octanol–water partition coefficient (Wildman–Crippen LogP) is 3.95. The van der Waals surface area contributed by atoms with Crippen molar-refractivity contribution in [1.82, 2.24) is 9.80 Å². The third kappa shape index (κ3) is 4.97. The Morgan fingerprint density at radius 1 is 1.03 bits per heavy atom. The van der Waals surface area contributed by atoms with Gasteiger partial charge < -0.3 is 24.0 Å². The number of ether oxygens (including phenoxy) is 2. The molecular formula is C28H39N3O5. The molecule has 3 fully saturated rings. The molecule has 8 heteroatoms. The van der Waals surface area contributed by atoms with Gasteiger partial charge in [-0.3, -0.25) is 9.69 Å². The lowest BCUT2D eigenvalue weighted by Gasteiger charge is -2.42. The lowest BCUT2D eigenvalue weighted by Crippen LogP contribution is -2.63. The van der Waals surface area contributed by atoms with Crippen LogP contribution < -0.4 is 9.47 Å². The van der Waals surface area contributed by atoms with Crippen molar-refractivity contribution in [3.8, 4) is 11.5 Å². The van der Waals surface area contributed by atoms with Gasteiger partial charge in [0.25, 0.3) is 5.91 Å². The molecule has 1 aromatic rings. The molecule has 5 rings (SSSR count). The molecule has 3 heterocycles. The summed E-state index contributed by atoms with van der Waals surface area (Å²) in [6, 6.07) is 5.09. The van der Waals surface area contributed by atoms with Gasteiger partial charge in [0.15, 0.2) is 11.5 Å². The third-order valence-electron chi connectivity index (χ3n) is 8.24. The fourth-order valence-corrected chi connectivity index (χ4v) is 6.19. The molecule has 8 nitrogen and oxygen atoms in total. The Morgan fingerprint density at radius 2 is 1.72 bits per heavy atom. The molecular weight excluding hydrogens is 458 g/mol. The zero-order chi connectivity index (χ0) is 25.0. The van der Waals surface area contributed by atoms with E-state index in [1.54, 1.807) is 7.11 Å². The van der Waals surface area contributed by atoms with Crippen LogP contribution in [0.15, 0.2) is 23.4 Å². The highest BCUT2D eigenvalue weighted by molar-refractivity contribution is 6.07. The number of carbonyl (C=O) groups is 2. The topological polar surface area (TPSA) is 80.7 Å². The number of methoxy groups -OCH3 is 1. The van der Waals surface area contributed by atoms with Crippen molar-refractivity contribution in [1.29, 1.82) is 0 Å². The van der Waals surface area contributed by atoms with E-state index in [0.29, 0.717) is 30.3 Å². The number of piperidine rings is 2. The lowest BCUT2D eigenvalue weighted by molar-refractivity contribution is -0.168. The van der Waals surface area contributed by atoms with Gasteiger partial charge in [-0.05, 0) is 89.1 Å². The molecule has 0 spiro atoms. The van der Waals surface area contributed by atoms with Crippen LogP contribution in [0.3, 0.4) is 0 Å². The Morgan fingerprint density at radius 3 is 2.39 bits per heavy atom. The molecule has 1 aliphatic carbocycles. The SMILES string of the molecule is COc1ccc(C2=NOC(C(=O)N3CCCCC3)(C(C=O)N3CCCCC3)C2)cc1OC1CCCC1. The summed E-state index contributed by atoms with van der Waals surface area (Å²) < 4.78 is 11.9. The molecule has 3 aliphatic heterocycles. The highest BCUT2D eigenvalue weighted by Gasteiger charge is 2.57. The van der Waals surface area contributed by atoms with E-state index in [-0.39, 0.29) is 18.4 Å². The van der Waals surface area contributed by atoms with E-state index in [1.165, 1.54) is 12.8 Å². The second-order valence-corrected chi connectivity index (χ2v) is 10.6. The molecule has 4 aliphatic rings. The Bertz CT molecular complexity index is 964. The number of benzene rings is 1. The maximum atomic E-state index is 14.0. The summed E-state index contributed by atoms with van der Waals surface area (Å²) in [5.41, 5.74) is 0.168. The summed E-state index contributed by atoms with van der Waals surface area (Å²) in [5, 5.41) is 4.45. The Hall–Kier alpha value is -2.61. The van der Waals surface area contributed by atoms with Gasteiger partial charge in [0.05, 0.1) is 18.9 Å². The normalized spacial score (nSPS) is 26.2. The van der Waals surface area contributed by atoms with Crippen molar-refractivity contribution in [2.45, 2.75) is 88.4 Å². The van der Waals surface area contributed by atoms with E-state index >= 15 is 0 Å². The standard InChI is InChI=1S/C28H39N3O5/c1-34-24-13-12-21(18-25(24)35-22-10-4-5-11-22)23-19-28(36-29-23,27(33)31-16-8-3-9-17-31)26(20-32)30-14-6-2-7-15-30/h12-13,18,20,22,26H,2-11,14-17,19H2,1H3. The molecule has 1 amide bonds. The van der Waals surface area contributed by atoms with E-state index in [2.05, 4.69) is 10.1 Å². The third-order valence-corrected chi connectivity index (χ3v) is 8.24. The molecule has 196 valence electrons. The fraction of sp³-hybridized carbons (Fsp3) is 0.679. The molecule has 2 unspecified atom stereocenters. The second-order valence-electron chi connectivity index (χ2n) is 10.6. The van der Waals surface area contributed by atoms with Gasteiger partial charge in [-0.1, -0.05) is 11.6 Å². The van der Waals surface area contributed by atoms with Crippen molar-refractivity contribution < 1.29 is 23.9 Å². The van der Waals surface area contributed by atoms with Crippen LogP contribution >= 0.6 is 0 Å². The number of likely N-dealkylation sites (tertiary alicyclic amines) is 2. The first kappa shape index (κ1) is 25.1. The number of oxime groups is 1. The van der Waals surface area contributed by atoms with Crippen molar-refractivity contribution in [3.63, 3.8) is 0 Å². The molecule has 0 radical (unpaired) electrons. The summed E-state index contributed by atoms with van der Waals surface area (Å²) in [5.74, 6) is 1.26. The van der Waals surface area contributed by atoms with Crippen LogP contribution in [0, 0.1) is 0 Å². The smallest absolute Gasteiger partial charge is 0.272 e. The number of carbonyl (C=O) groups excluding carboxylic acids is 2. The van der Waals surface area contributed by atoms with Crippen molar-refractivity contribution >= 4 is 17.9 Å². The molecule has 2 saturated heterocycles. The van der Waals surface area contributed by atoms with E-state index in [4.69, 9.17) is 14.3 Å². The maximum Gasteiger partial charge on any atom is 0.272 e. The van der Waals surface area contributed by atoms with Crippen LogP contribution in [0.2, 0.25) is 0 Å². The molecule has 1 saturated carbocycles. The first-order valence-electron chi connectivity index (χ1n) is 13.7. The number of hydrogen-bond acceptors (Lipinski definition) is 7. The van der Waals surface area contributed by atoms with Crippen LogP contribution in [0.25, 0.3) is 0 Å². The minimum atomic E-state index is -1.34.